The third-order valence-electron chi connectivity index (χ3n) is 3.61. The highest BCUT2D eigenvalue weighted by atomic mass is 15.4. The van der Waals surface area contributed by atoms with Crippen LogP contribution in [0.25, 0.3) is 0 Å². The molecule has 0 bridgehead atoms. The molecular weight excluding hydrogens is 264 g/mol. The molecule has 0 fully saturated rings. The first-order chi connectivity index (χ1) is 10.2. The van der Waals surface area contributed by atoms with Gasteiger partial charge in [0.15, 0.2) is 5.66 Å². The molecule has 1 aromatic heterocycles. The third-order valence-corrected chi connectivity index (χ3v) is 3.61. The summed E-state index contributed by atoms with van der Waals surface area (Å²) in [6.45, 7) is 2.05. The Balaban J connectivity index is 2.13. The lowest BCUT2D eigenvalue weighted by Crippen LogP contribution is -2.61. The summed E-state index contributed by atoms with van der Waals surface area (Å²) in [5.41, 5.74) is 5.98. The van der Waals surface area contributed by atoms with E-state index in [4.69, 9.17) is 5.84 Å². The van der Waals surface area contributed by atoms with Gasteiger partial charge in [-0.25, -0.2) is 5.43 Å². The number of nitrogens with zero attached hydrogens (tertiary/aromatic N) is 3. The molecule has 0 aliphatic carbocycles. The van der Waals surface area contributed by atoms with Crippen molar-refractivity contribution in [2.75, 3.05) is 0 Å². The summed E-state index contributed by atoms with van der Waals surface area (Å²) < 4.78 is 1.74. The number of hydrogen-bond acceptors (Lipinski definition) is 5. The number of hydrogen-bond donors (Lipinski definition) is 3. The molecule has 0 saturated heterocycles. The van der Waals surface area contributed by atoms with E-state index in [2.05, 4.69) is 39.9 Å². The lowest BCUT2D eigenvalue weighted by molar-refractivity contribution is 0.408. The minimum Gasteiger partial charge on any atom is -0.362 e. The van der Waals surface area contributed by atoms with Crippen LogP contribution in [-0.2, 0) is 12.7 Å². The van der Waals surface area contributed by atoms with Crippen LogP contribution in [0, 0.1) is 6.92 Å². The highest BCUT2D eigenvalue weighted by Gasteiger charge is 2.38. The third kappa shape index (κ3) is 2.24. The summed E-state index contributed by atoms with van der Waals surface area (Å²) in [4.78, 5) is 4.51. The molecule has 3 rings (SSSR count). The van der Waals surface area contributed by atoms with Gasteiger partial charge in [0.2, 0.25) is 0 Å². The minimum absolute atomic E-state index is 0.772. The van der Waals surface area contributed by atoms with Crippen LogP contribution in [0.3, 0.4) is 0 Å². The molecule has 0 amide bonds. The molecule has 6 heteroatoms. The summed E-state index contributed by atoms with van der Waals surface area (Å²) in [6.07, 6.45) is 7.19. The maximum atomic E-state index is 5.89. The lowest BCUT2D eigenvalue weighted by atomic mass is 9.90. The number of aliphatic imine (C=N–C) groups is 1. The van der Waals surface area contributed by atoms with E-state index in [1.54, 1.807) is 23.3 Å². The van der Waals surface area contributed by atoms with Crippen molar-refractivity contribution in [1.29, 1.82) is 0 Å². The number of nitrogens with one attached hydrogen (secondary N) is 2. The molecule has 4 N–H and O–H groups in total. The predicted molar refractivity (Wildman–Crippen MR) is 82.2 cm³/mol. The summed E-state index contributed by atoms with van der Waals surface area (Å²) in [7, 11) is 1.87. The predicted octanol–water partition coefficient (Wildman–Crippen LogP) is 0.908. The molecule has 1 aliphatic heterocycles. The zero-order valence-corrected chi connectivity index (χ0v) is 12.0. The zero-order valence-electron chi connectivity index (χ0n) is 12.0. The van der Waals surface area contributed by atoms with Crippen LogP contribution in [0.5, 0.6) is 0 Å². The summed E-state index contributed by atoms with van der Waals surface area (Å²) in [5.74, 6) is 5.89. The lowest BCUT2D eigenvalue weighted by Gasteiger charge is -2.36. The normalized spacial score (nSPS) is 21.0. The van der Waals surface area contributed by atoms with Crippen LogP contribution in [-0.4, -0.2) is 15.5 Å². The Kier molecular flexibility index (Phi) is 3.32. The number of aromatic nitrogens is 2. The molecule has 0 radical (unpaired) electrons. The Hall–Kier alpha value is -2.44. The first-order valence-corrected chi connectivity index (χ1v) is 6.70. The first kappa shape index (κ1) is 13.5. The fourth-order valence-corrected chi connectivity index (χ4v) is 2.49. The van der Waals surface area contributed by atoms with Crippen LogP contribution in [0.15, 0.2) is 54.1 Å². The maximum absolute atomic E-state index is 5.89. The molecule has 1 aliphatic rings. The molecule has 2 heterocycles. The monoisotopic (exact) mass is 282 g/mol. The Morgan fingerprint density at radius 2 is 2.05 bits per heavy atom. The molecule has 108 valence electrons. The summed E-state index contributed by atoms with van der Waals surface area (Å²) >= 11 is 0. The van der Waals surface area contributed by atoms with Gasteiger partial charge in [-0.05, 0) is 12.5 Å². The molecule has 0 saturated carbocycles. The molecule has 1 unspecified atom stereocenters. The van der Waals surface area contributed by atoms with Gasteiger partial charge in [-0.2, -0.15) is 5.10 Å². The van der Waals surface area contributed by atoms with Gasteiger partial charge in [-0.1, -0.05) is 29.8 Å². The number of benzene rings is 1. The van der Waals surface area contributed by atoms with E-state index in [1.807, 2.05) is 25.4 Å². The van der Waals surface area contributed by atoms with Crippen molar-refractivity contribution < 1.29 is 0 Å². The topological polar surface area (TPSA) is 80.3 Å². The Morgan fingerprint density at radius 1 is 1.29 bits per heavy atom. The largest absolute Gasteiger partial charge is 0.362 e. The van der Waals surface area contributed by atoms with Gasteiger partial charge in [0.25, 0.3) is 0 Å². The Morgan fingerprint density at radius 3 is 2.67 bits per heavy atom. The average molecular weight is 282 g/mol. The highest BCUT2D eigenvalue weighted by molar-refractivity contribution is 6.08. The van der Waals surface area contributed by atoms with Gasteiger partial charge < -0.3 is 5.32 Å². The molecule has 1 atom stereocenters. The molecule has 0 spiro atoms. The second-order valence-electron chi connectivity index (χ2n) is 5.10. The van der Waals surface area contributed by atoms with Crippen LogP contribution in [0.2, 0.25) is 0 Å². The first-order valence-electron chi connectivity index (χ1n) is 6.70. The van der Waals surface area contributed by atoms with Crippen molar-refractivity contribution in [3.63, 3.8) is 0 Å². The van der Waals surface area contributed by atoms with Gasteiger partial charge in [0.1, 0.15) is 0 Å². The van der Waals surface area contributed by atoms with E-state index >= 15 is 0 Å². The Bertz CT molecular complexity index is 697. The molecule has 1 aromatic carbocycles. The van der Waals surface area contributed by atoms with Crippen molar-refractivity contribution in [3.8, 4) is 0 Å². The van der Waals surface area contributed by atoms with Crippen molar-refractivity contribution in [1.82, 2.24) is 20.5 Å². The summed E-state index contributed by atoms with van der Waals surface area (Å²) in [5, 5.41) is 7.51. The van der Waals surface area contributed by atoms with E-state index < -0.39 is 5.66 Å². The van der Waals surface area contributed by atoms with E-state index in [-0.39, 0.29) is 0 Å². The molecule has 2 aromatic rings. The quantitative estimate of drug-likeness (QED) is 0.577. The second kappa shape index (κ2) is 5.16. The van der Waals surface area contributed by atoms with Gasteiger partial charge in [-0.3, -0.25) is 15.5 Å². The van der Waals surface area contributed by atoms with Crippen LogP contribution in [0.4, 0.5) is 0 Å². The van der Waals surface area contributed by atoms with Crippen LogP contribution < -0.4 is 16.6 Å². The Labute approximate surface area is 123 Å². The SMILES string of the molecule is Cc1ccc(C2(NN)NC=CN=C2c2cnn(C)c2)cc1. The number of hydrazine groups is 1. The van der Waals surface area contributed by atoms with Crippen molar-refractivity contribution in [3.05, 3.63) is 65.7 Å². The van der Waals surface area contributed by atoms with Gasteiger partial charge in [0.05, 0.1) is 11.9 Å². The number of aryl methyl sites for hydroxylation is 2. The summed E-state index contributed by atoms with van der Waals surface area (Å²) in [6, 6.07) is 8.17. The standard InChI is InChI=1S/C15H18N6/c1-11-3-5-13(6-4-11)15(20-16)14(17-7-8-18-15)12-9-19-21(2)10-12/h3-10,18,20H,16H2,1-2H3. The maximum Gasteiger partial charge on any atom is 0.171 e. The average Bonchev–Trinajstić information content (AvgIpc) is 2.94. The van der Waals surface area contributed by atoms with Crippen molar-refractivity contribution in [2.24, 2.45) is 17.9 Å². The second-order valence-corrected chi connectivity index (χ2v) is 5.10. The fourth-order valence-electron chi connectivity index (χ4n) is 2.49. The van der Waals surface area contributed by atoms with Crippen molar-refractivity contribution in [2.45, 2.75) is 12.6 Å². The van der Waals surface area contributed by atoms with E-state index in [0.29, 0.717) is 0 Å². The van der Waals surface area contributed by atoms with Gasteiger partial charge in [-0.15, -0.1) is 0 Å². The van der Waals surface area contributed by atoms with Crippen LogP contribution >= 0.6 is 0 Å². The number of nitrogens with two attached hydrogens (primary N) is 1. The van der Waals surface area contributed by atoms with Gasteiger partial charge in [0, 0.05) is 31.2 Å². The highest BCUT2D eigenvalue weighted by Crippen LogP contribution is 2.26. The van der Waals surface area contributed by atoms with Gasteiger partial charge >= 0.3 is 0 Å². The fraction of sp³-hybridized carbons (Fsp3) is 0.200. The van der Waals surface area contributed by atoms with E-state index in [0.717, 1.165) is 16.8 Å². The zero-order chi connectivity index (χ0) is 14.9. The molecule has 21 heavy (non-hydrogen) atoms. The van der Waals surface area contributed by atoms with E-state index in [9.17, 15) is 0 Å². The molecule has 6 nitrogen and oxygen atoms in total. The molecular formula is C15H18N6. The number of rotatable bonds is 3. The smallest absolute Gasteiger partial charge is 0.171 e. The van der Waals surface area contributed by atoms with Crippen LogP contribution in [0.1, 0.15) is 16.7 Å². The minimum atomic E-state index is -0.772. The van der Waals surface area contributed by atoms with Crippen molar-refractivity contribution >= 4 is 5.71 Å². The van der Waals surface area contributed by atoms with E-state index in [1.165, 1.54) is 5.56 Å².